The highest BCUT2D eigenvalue weighted by Gasteiger charge is 2.64. The first kappa shape index (κ1) is 13.9. The van der Waals surface area contributed by atoms with E-state index in [0.717, 1.165) is 25.8 Å². The summed E-state index contributed by atoms with van der Waals surface area (Å²) in [7, 11) is 0. The Hall–Kier alpha value is -0.570. The summed E-state index contributed by atoms with van der Waals surface area (Å²) in [6.45, 7) is 12.5. The number of nitrogens with one attached hydrogen (secondary N) is 1. The van der Waals surface area contributed by atoms with Crippen molar-refractivity contribution in [3.8, 4) is 0 Å². The lowest BCUT2D eigenvalue weighted by Gasteiger charge is -2.32. The van der Waals surface area contributed by atoms with Gasteiger partial charge in [0.1, 0.15) is 5.60 Å². The minimum atomic E-state index is -0.596. The van der Waals surface area contributed by atoms with Crippen LogP contribution in [0, 0.1) is 16.7 Å². The van der Waals surface area contributed by atoms with Crippen LogP contribution in [0.1, 0.15) is 53.9 Å². The summed E-state index contributed by atoms with van der Waals surface area (Å²) in [6, 6.07) is 0. The van der Waals surface area contributed by atoms with E-state index in [1.165, 1.54) is 0 Å². The maximum atomic E-state index is 12.2. The molecule has 2 aliphatic rings. The summed E-state index contributed by atoms with van der Waals surface area (Å²) >= 11 is 0. The van der Waals surface area contributed by atoms with Gasteiger partial charge in [-0.2, -0.15) is 0 Å². The molecule has 104 valence electrons. The molecule has 1 aliphatic heterocycles. The summed E-state index contributed by atoms with van der Waals surface area (Å²) in [5.74, 6) is 0.641. The van der Waals surface area contributed by atoms with E-state index in [1.54, 1.807) is 0 Å². The Morgan fingerprint density at radius 3 is 2.22 bits per heavy atom. The quantitative estimate of drug-likeness (QED) is 0.840. The molecule has 0 unspecified atom stereocenters. The fourth-order valence-corrected chi connectivity index (χ4v) is 3.34. The molecule has 2 rings (SSSR count). The van der Waals surface area contributed by atoms with Crippen LogP contribution < -0.4 is 5.32 Å². The van der Waals surface area contributed by atoms with E-state index in [2.05, 4.69) is 33.0 Å². The topological polar surface area (TPSA) is 38.3 Å². The van der Waals surface area contributed by atoms with E-state index in [-0.39, 0.29) is 5.91 Å². The molecule has 1 saturated heterocycles. The van der Waals surface area contributed by atoms with Gasteiger partial charge >= 0.3 is 0 Å². The molecule has 1 N–H and O–H groups in total. The number of carbonyl (C=O) groups excluding carboxylic acids is 1. The standard InChI is InChI=1S/C15H27NO2/c1-13(2)11(14(13,3)4)10-16-12(17)15(5)8-6-7-9-18-15/h11H,6-10H2,1-5H3,(H,16,17)/t15-/m0/s1. The molecule has 0 aromatic heterocycles. The van der Waals surface area contributed by atoms with E-state index < -0.39 is 5.60 Å². The summed E-state index contributed by atoms with van der Waals surface area (Å²) in [5.41, 5.74) is 0.0602. The average molecular weight is 253 g/mol. The fraction of sp³-hybridized carbons (Fsp3) is 0.933. The van der Waals surface area contributed by atoms with Gasteiger partial charge in [0.2, 0.25) is 0 Å². The summed E-state index contributed by atoms with van der Waals surface area (Å²) in [4.78, 5) is 12.2. The van der Waals surface area contributed by atoms with E-state index in [4.69, 9.17) is 4.74 Å². The second kappa shape index (κ2) is 4.22. The van der Waals surface area contributed by atoms with Gasteiger partial charge in [0.05, 0.1) is 0 Å². The molecule has 1 heterocycles. The van der Waals surface area contributed by atoms with Gasteiger partial charge in [0, 0.05) is 13.2 Å². The lowest BCUT2D eigenvalue weighted by atomic mass is 9.95. The molecule has 1 amide bonds. The average Bonchev–Trinajstić information content (AvgIpc) is 2.67. The van der Waals surface area contributed by atoms with E-state index in [0.29, 0.717) is 23.4 Å². The van der Waals surface area contributed by atoms with Crippen LogP contribution in [0.2, 0.25) is 0 Å². The number of hydrogen-bond acceptors (Lipinski definition) is 2. The third-order valence-corrected chi connectivity index (χ3v) is 5.74. The minimum Gasteiger partial charge on any atom is -0.365 e. The molecular formula is C15H27NO2. The van der Waals surface area contributed by atoms with E-state index >= 15 is 0 Å². The second-order valence-corrected chi connectivity index (χ2v) is 7.24. The normalized spacial score (nSPS) is 34.1. The Kier molecular flexibility index (Phi) is 3.25. The Morgan fingerprint density at radius 1 is 1.17 bits per heavy atom. The Balaban J connectivity index is 1.86. The van der Waals surface area contributed by atoms with E-state index in [1.807, 2.05) is 6.92 Å². The highest BCUT2D eigenvalue weighted by atomic mass is 16.5. The summed E-state index contributed by atoms with van der Waals surface area (Å²) in [6.07, 6.45) is 3.01. The molecule has 0 aromatic carbocycles. The number of amides is 1. The second-order valence-electron chi connectivity index (χ2n) is 7.24. The highest BCUT2D eigenvalue weighted by molar-refractivity contribution is 5.84. The van der Waals surface area contributed by atoms with Crippen LogP contribution in [-0.4, -0.2) is 24.7 Å². The van der Waals surface area contributed by atoms with Gasteiger partial charge in [0.25, 0.3) is 5.91 Å². The molecule has 2 fully saturated rings. The maximum Gasteiger partial charge on any atom is 0.251 e. The molecule has 1 atom stereocenters. The smallest absolute Gasteiger partial charge is 0.251 e. The van der Waals surface area contributed by atoms with Gasteiger partial charge in [-0.1, -0.05) is 27.7 Å². The van der Waals surface area contributed by atoms with Crippen molar-refractivity contribution in [2.75, 3.05) is 13.2 Å². The fourth-order valence-electron chi connectivity index (χ4n) is 3.34. The predicted octanol–water partition coefficient (Wildman–Crippen LogP) is 2.74. The van der Waals surface area contributed by atoms with Crippen molar-refractivity contribution in [1.82, 2.24) is 5.32 Å². The number of carbonyl (C=O) groups is 1. The lowest BCUT2D eigenvalue weighted by molar-refractivity contribution is -0.150. The largest absolute Gasteiger partial charge is 0.365 e. The van der Waals surface area contributed by atoms with Crippen LogP contribution >= 0.6 is 0 Å². The van der Waals surface area contributed by atoms with Gasteiger partial charge in [-0.25, -0.2) is 0 Å². The molecule has 18 heavy (non-hydrogen) atoms. The molecule has 0 aromatic rings. The van der Waals surface area contributed by atoms with Gasteiger partial charge in [-0.3, -0.25) is 4.79 Å². The number of ether oxygens (including phenoxy) is 1. The van der Waals surface area contributed by atoms with Gasteiger partial charge < -0.3 is 10.1 Å². The molecule has 0 radical (unpaired) electrons. The van der Waals surface area contributed by atoms with Crippen molar-refractivity contribution in [1.29, 1.82) is 0 Å². The van der Waals surface area contributed by atoms with Crippen molar-refractivity contribution in [2.24, 2.45) is 16.7 Å². The molecule has 0 spiro atoms. The Labute approximate surface area is 111 Å². The van der Waals surface area contributed by atoms with Crippen molar-refractivity contribution >= 4 is 5.91 Å². The zero-order chi connectivity index (χ0) is 13.6. The van der Waals surface area contributed by atoms with Crippen LogP contribution in [-0.2, 0) is 9.53 Å². The SMILES string of the molecule is CC1(C)C(CNC(=O)[C@]2(C)CCCCO2)C1(C)C. The third-order valence-electron chi connectivity index (χ3n) is 5.74. The van der Waals surface area contributed by atoms with Gasteiger partial charge in [-0.15, -0.1) is 0 Å². The Bertz CT molecular complexity index is 326. The van der Waals surface area contributed by atoms with Crippen molar-refractivity contribution in [3.05, 3.63) is 0 Å². The molecule has 0 bridgehead atoms. The summed E-state index contributed by atoms with van der Waals surface area (Å²) in [5, 5.41) is 3.10. The Morgan fingerprint density at radius 2 is 1.78 bits per heavy atom. The highest BCUT2D eigenvalue weighted by Crippen LogP contribution is 2.67. The van der Waals surface area contributed by atoms with Crippen LogP contribution in [0.4, 0.5) is 0 Å². The molecule has 1 aliphatic carbocycles. The van der Waals surface area contributed by atoms with Crippen LogP contribution in [0.5, 0.6) is 0 Å². The van der Waals surface area contributed by atoms with Gasteiger partial charge in [-0.05, 0) is 42.9 Å². The minimum absolute atomic E-state index is 0.0701. The zero-order valence-corrected chi connectivity index (χ0v) is 12.4. The molecule has 3 nitrogen and oxygen atoms in total. The number of hydrogen-bond donors (Lipinski definition) is 1. The first-order valence-electron chi connectivity index (χ1n) is 7.14. The van der Waals surface area contributed by atoms with Crippen molar-refractivity contribution in [3.63, 3.8) is 0 Å². The first-order chi connectivity index (χ1) is 8.22. The first-order valence-corrected chi connectivity index (χ1v) is 7.14. The number of rotatable bonds is 3. The third kappa shape index (κ3) is 2.07. The van der Waals surface area contributed by atoms with Crippen molar-refractivity contribution in [2.45, 2.75) is 59.5 Å². The summed E-state index contributed by atoms with van der Waals surface area (Å²) < 4.78 is 5.67. The molecular weight excluding hydrogens is 226 g/mol. The maximum absolute atomic E-state index is 12.2. The van der Waals surface area contributed by atoms with Crippen molar-refractivity contribution < 1.29 is 9.53 Å². The predicted molar refractivity (Wildman–Crippen MR) is 72.3 cm³/mol. The monoisotopic (exact) mass is 253 g/mol. The molecule has 1 saturated carbocycles. The molecule has 3 heteroatoms. The van der Waals surface area contributed by atoms with Gasteiger partial charge in [0.15, 0.2) is 0 Å². The van der Waals surface area contributed by atoms with Crippen LogP contribution in [0.15, 0.2) is 0 Å². The van der Waals surface area contributed by atoms with Crippen LogP contribution in [0.25, 0.3) is 0 Å². The zero-order valence-electron chi connectivity index (χ0n) is 12.4. The van der Waals surface area contributed by atoms with Crippen LogP contribution in [0.3, 0.4) is 0 Å². The van der Waals surface area contributed by atoms with E-state index in [9.17, 15) is 4.79 Å². The lowest BCUT2D eigenvalue weighted by Crippen LogP contribution is -2.49.